The van der Waals surface area contributed by atoms with E-state index in [1.165, 1.54) is 0 Å². The summed E-state index contributed by atoms with van der Waals surface area (Å²) < 4.78 is 0. The molecule has 3 nitrogen and oxygen atoms in total. The van der Waals surface area contributed by atoms with Gasteiger partial charge in [0.15, 0.2) is 0 Å². The third kappa shape index (κ3) is 6.79. The number of aliphatic hydroxyl groups is 1. The Morgan fingerprint density at radius 3 is 2.53 bits per heavy atom. The van der Waals surface area contributed by atoms with Gasteiger partial charge in [0.25, 0.3) is 0 Å². The van der Waals surface area contributed by atoms with Gasteiger partial charge in [-0.2, -0.15) is 0 Å². The maximum absolute atomic E-state index is 11.6. The Balaban J connectivity index is 4.01. The molecular weight excluding hydrogens is 210 g/mol. The predicted octanol–water partition coefficient (Wildman–Crippen LogP) is 1.80. The van der Waals surface area contributed by atoms with Crippen molar-refractivity contribution >= 4 is 17.7 Å². The molecule has 1 amide bonds. The van der Waals surface area contributed by atoms with Crippen LogP contribution < -0.4 is 5.32 Å². The Labute approximate surface area is 97.0 Å². The molecule has 1 atom stereocenters. The molecule has 1 unspecified atom stereocenters. The van der Waals surface area contributed by atoms with Gasteiger partial charge in [-0.15, -0.1) is 11.8 Å². The number of carbonyl (C=O) groups excluding carboxylic acids is 1. The Hall–Kier alpha value is -0.220. The Morgan fingerprint density at radius 1 is 1.53 bits per heavy atom. The average Bonchev–Trinajstić information content (AvgIpc) is 2.15. The van der Waals surface area contributed by atoms with Crippen LogP contribution in [0.3, 0.4) is 0 Å². The summed E-state index contributed by atoms with van der Waals surface area (Å²) in [5, 5.41) is 12.4. The van der Waals surface area contributed by atoms with Gasteiger partial charge in [-0.1, -0.05) is 20.8 Å². The van der Waals surface area contributed by atoms with Crippen LogP contribution in [0.2, 0.25) is 0 Å². The lowest BCUT2D eigenvalue weighted by molar-refractivity contribution is -0.120. The van der Waals surface area contributed by atoms with Crippen molar-refractivity contribution in [1.29, 1.82) is 0 Å². The molecule has 0 aromatic rings. The first kappa shape index (κ1) is 14.8. The first-order chi connectivity index (χ1) is 6.93. The number of rotatable bonds is 7. The van der Waals surface area contributed by atoms with Crippen molar-refractivity contribution in [3.8, 4) is 0 Å². The van der Waals surface area contributed by atoms with E-state index in [0.717, 1.165) is 6.42 Å². The molecule has 0 heterocycles. The van der Waals surface area contributed by atoms with E-state index in [0.29, 0.717) is 17.4 Å². The Morgan fingerprint density at radius 2 is 2.13 bits per heavy atom. The van der Waals surface area contributed by atoms with Crippen LogP contribution in [-0.2, 0) is 4.79 Å². The number of hydrogen-bond acceptors (Lipinski definition) is 3. The van der Waals surface area contributed by atoms with Crippen molar-refractivity contribution in [3.63, 3.8) is 0 Å². The van der Waals surface area contributed by atoms with Crippen LogP contribution in [-0.4, -0.2) is 34.2 Å². The molecule has 0 aliphatic heterocycles. The molecule has 90 valence electrons. The average molecular weight is 233 g/mol. The molecule has 0 saturated carbocycles. The molecule has 4 heteroatoms. The standard InChI is InChI=1S/C11H23NO2S/c1-5-11(4,6-7-13)12-10(14)8-15-9(2)3/h9,13H,5-8H2,1-4H3,(H,12,14). The largest absolute Gasteiger partial charge is 0.396 e. The van der Waals surface area contributed by atoms with Crippen LogP contribution in [0.1, 0.15) is 40.5 Å². The second-order valence-corrected chi connectivity index (χ2v) is 5.86. The van der Waals surface area contributed by atoms with E-state index in [2.05, 4.69) is 19.2 Å². The van der Waals surface area contributed by atoms with Crippen LogP contribution >= 0.6 is 11.8 Å². The number of aliphatic hydroxyl groups excluding tert-OH is 1. The number of nitrogens with one attached hydrogen (secondary N) is 1. The summed E-state index contributed by atoms with van der Waals surface area (Å²) in [6.45, 7) is 8.25. The van der Waals surface area contributed by atoms with Crippen molar-refractivity contribution in [3.05, 3.63) is 0 Å². The van der Waals surface area contributed by atoms with Crippen molar-refractivity contribution in [2.75, 3.05) is 12.4 Å². The lowest BCUT2D eigenvalue weighted by Gasteiger charge is -2.29. The van der Waals surface area contributed by atoms with Crippen molar-refractivity contribution in [2.24, 2.45) is 0 Å². The minimum absolute atomic E-state index is 0.0616. The summed E-state index contributed by atoms with van der Waals surface area (Å²) in [4.78, 5) is 11.6. The second kappa shape index (κ2) is 7.12. The van der Waals surface area contributed by atoms with E-state index in [-0.39, 0.29) is 18.1 Å². The molecule has 0 fully saturated rings. The minimum Gasteiger partial charge on any atom is -0.396 e. The molecule has 2 N–H and O–H groups in total. The van der Waals surface area contributed by atoms with Gasteiger partial charge in [0.2, 0.25) is 5.91 Å². The fourth-order valence-electron chi connectivity index (χ4n) is 1.19. The van der Waals surface area contributed by atoms with Gasteiger partial charge in [0.1, 0.15) is 0 Å². The number of thioether (sulfide) groups is 1. The van der Waals surface area contributed by atoms with E-state index in [1.54, 1.807) is 11.8 Å². The Bertz CT molecular complexity index is 197. The molecule has 0 saturated heterocycles. The quantitative estimate of drug-likeness (QED) is 0.705. The zero-order valence-electron chi connectivity index (χ0n) is 10.2. The fourth-order valence-corrected chi connectivity index (χ4v) is 1.75. The van der Waals surface area contributed by atoms with Crippen LogP contribution in [0.5, 0.6) is 0 Å². The van der Waals surface area contributed by atoms with Gasteiger partial charge in [-0.3, -0.25) is 4.79 Å². The summed E-state index contributed by atoms with van der Waals surface area (Å²) in [5.41, 5.74) is -0.261. The SMILES string of the molecule is CCC(C)(CCO)NC(=O)CSC(C)C. The molecule has 0 aliphatic rings. The molecular formula is C11H23NO2S. The summed E-state index contributed by atoms with van der Waals surface area (Å²) in [6, 6.07) is 0. The van der Waals surface area contributed by atoms with Gasteiger partial charge in [0, 0.05) is 12.1 Å². The van der Waals surface area contributed by atoms with E-state index >= 15 is 0 Å². The van der Waals surface area contributed by atoms with Crippen LogP contribution in [0.25, 0.3) is 0 Å². The smallest absolute Gasteiger partial charge is 0.230 e. The number of amides is 1. The highest BCUT2D eigenvalue weighted by atomic mass is 32.2. The molecule has 0 bridgehead atoms. The van der Waals surface area contributed by atoms with Crippen molar-refractivity contribution in [1.82, 2.24) is 5.32 Å². The van der Waals surface area contributed by atoms with E-state index in [1.807, 2.05) is 13.8 Å². The summed E-state index contributed by atoms with van der Waals surface area (Å²) in [5.74, 6) is 0.560. The number of carbonyl (C=O) groups is 1. The topological polar surface area (TPSA) is 49.3 Å². The highest BCUT2D eigenvalue weighted by molar-refractivity contribution is 8.00. The van der Waals surface area contributed by atoms with E-state index < -0.39 is 0 Å². The number of hydrogen-bond donors (Lipinski definition) is 2. The second-order valence-electron chi connectivity index (χ2n) is 4.30. The summed E-state index contributed by atoms with van der Waals surface area (Å²) >= 11 is 1.63. The van der Waals surface area contributed by atoms with Crippen molar-refractivity contribution < 1.29 is 9.90 Å². The lowest BCUT2D eigenvalue weighted by Crippen LogP contribution is -2.47. The van der Waals surface area contributed by atoms with E-state index in [4.69, 9.17) is 5.11 Å². The third-order valence-electron chi connectivity index (χ3n) is 2.43. The van der Waals surface area contributed by atoms with Crippen LogP contribution in [0.4, 0.5) is 0 Å². The van der Waals surface area contributed by atoms with Gasteiger partial charge in [-0.05, 0) is 25.0 Å². The zero-order chi connectivity index (χ0) is 11.9. The molecule has 0 spiro atoms. The molecule has 0 aliphatic carbocycles. The maximum Gasteiger partial charge on any atom is 0.230 e. The summed E-state index contributed by atoms with van der Waals surface area (Å²) in [7, 11) is 0. The third-order valence-corrected chi connectivity index (χ3v) is 3.53. The highest BCUT2D eigenvalue weighted by Crippen LogP contribution is 2.15. The van der Waals surface area contributed by atoms with Crippen molar-refractivity contribution in [2.45, 2.75) is 51.3 Å². The summed E-state index contributed by atoms with van der Waals surface area (Å²) in [6.07, 6.45) is 1.45. The Kier molecular flexibility index (Phi) is 7.02. The first-order valence-corrected chi connectivity index (χ1v) is 6.52. The maximum atomic E-state index is 11.6. The molecule has 15 heavy (non-hydrogen) atoms. The van der Waals surface area contributed by atoms with Gasteiger partial charge >= 0.3 is 0 Å². The predicted molar refractivity (Wildman–Crippen MR) is 66.1 cm³/mol. The van der Waals surface area contributed by atoms with Gasteiger partial charge < -0.3 is 10.4 Å². The highest BCUT2D eigenvalue weighted by Gasteiger charge is 2.23. The first-order valence-electron chi connectivity index (χ1n) is 5.47. The van der Waals surface area contributed by atoms with Gasteiger partial charge in [-0.25, -0.2) is 0 Å². The zero-order valence-corrected chi connectivity index (χ0v) is 11.0. The van der Waals surface area contributed by atoms with Crippen LogP contribution in [0.15, 0.2) is 0 Å². The molecule has 0 aromatic heterocycles. The molecule has 0 rings (SSSR count). The molecule has 0 aromatic carbocycles. The minimum atomic E-state index is -0.261. The van der Waals surface area contributed by atoms with E-state index in [9.17, 15) is 4.79 Å². The van der Waals surface area contributed by atoms with Crippen LogP contribution in [0, 0.1) is 0 Å². The normalized spacial score (nSPS) is 15.1. The monoisotopic (exact) mass is 233 g/mol. The lowest BCUT2D eigenvalue weighted by atomic mass is 9.95. The molecule has 0 radical (unpaired) electrons. The van der Waals surface area contributed by atoms with Gasteiger partial charge in [0.05, 0.1) is 5.75 Å². The fraction of sp³-hybridized carbons (Fsp3) is 0.909.